The third-order valence-corrected chi connectivity index (χ3v) is 8.88. The lowest BCUT2D eigenvalue weighted by Crippen LogP contribution is -2.48. The van der Waals surface area contributed by atoms with Gasteiger partial charge in [0.2, 0.25) is 10.0 Å². The molecule has 2 heterocycles. The Hall–Kier alpha value is -1.26. The molecule has 2 aromatic carbocycles. The lowest BCUT2D eigenvalue weighted by atomic mass is 10.2. The quantitative estimate of drug-likeness (QED) is 0.473. The van der Waals surface area contributed by atoms with Gasteiger partial charge in [0.15, 0.2) is 5.13 Å². The van der Waals surface area contributed by atoms with Crippen LogP contribution in [-0.2, 0) is 10.0 Å². The van der Waals surface area contributed by atoms with Crippen molar-refractivity contribution in [2.75, 3.05) is 31.1 Å². The molecule has 4 rings (SSSR count). The Morgan fingerprint density at radius 2 is 1.71 bits per heavy atom. The number of thiazole rings is 1. The molecule has 0 aliphatic carbocycles. The van der Waals surface area contributed by atoms with Crippen molar-refractivity contribution in [1.29, 1.82) is 0 Å². The first-order chi connectivity index (χ1) is 13.4. The average Bonchev–Trinajstić information content (AvgIpc) is 3.19. The summed E-state index contributed by atoms with van der Waals surface area (Å²) in [5, 5.41) is 2.97. The van der Waals surface area contributed by atoms with E-state index in [9.17, 15) is 8.42 Å². The van der Waals surface area contributed by atoms with E-state index >= 15 is 0 Å². The van der Waals surface area contributed by atoms with Crippen LogP contribution in [0.25, 0.3) is 11.3 Å². The summed E-state index contributed by atoms with van der Waals surface area (Å²) in [5.41, 5.74) is 2.00. The zero-order valence-corrected chi connectivity index (χ0v) is 19.6. The number of aromatic nitrogens is 1. The Morgan fingerprint density at radius 1 is 0.964 bits per heavy atom. The third-order valence-electron chi connectivity index (χ3n) is 4.58. The van der Waals surface area contributed by atoms with Crippen molar-refractivity contribution in [3.8, 4) is 11.3 Å². The maximum absolute atomic E-state index is 12.9. The summed E-state index contributed by atoms with van der Waals surface area (Å²) in [6.07, 6.45) is 0. The second-order valence-corrected chi connectivity index (χ2v) is 10.9. The smallest absolute Gasteiger partial charge is 0.244 e. The van der Waals surface area contributed by atoms with Gasteiger partial charge < -0.3 is 4.90 Å². The van der Waals surface area contributed by atoms with Gasteiger partial charge in [0, 0.05) is 46.1 Å². The van der Waals surface area contributed by atoms with Crippen LogP contribution >= 0.6 is 43.2 Å². The fourth-order valence-electron chi connectivity index (χ4n) is 3.10. The van der Waals surface area contributed by atoms with Gasteiger partial charge in [-0.3, -0.25) is 0 Å². The topological polar surface area (TPSA) is 53.5 Å². The molecule has 0 unspecified atom stereocenters. The molecule has 1 aliphatic rings. The Balaban J connectivity index is 1.47. The maximum Gasteiger partial charge on any atom is 0.244 e. The van der Waals surface area contributed by atoms with Gasteiger partial charge in [0.05, 0.1) is 10.6 Å². The van der Waals surface area contributed by atoms with Crippen molar-refractivity contribution in [2.24, 2.45) is 0 Å². The molecule has 28 heavy (non-hydrogen) atoms. The van der Waals surface area contributed by atoms with Crippen LogP contribution in [0.2, 0.25) is 0 Å². The van der Waals surface area contributed by atoms with Crippen molar-refractivity contribution in [2.45, 2.75) is 4.90 Å². The predicted molar refractivity (Wildman–Crippen MR) is 120 cm³/mol. The first kappa shape index (κ1) is 20.0. The van der Waals surface area contributed by atoms with Crippen LogP contribution in [-0.4, -0.2) is 43.9 Å². The molecule has 0 bridgehead atoms. The number of halogens is 2. The summed E-state index contributed by atoms with van der Waals surface area (Å²) >= 11 is 8.43. The molecule has 5 nitrogen and oxygen atoms in total. The molecule has 0 atom stereocenters. The van der Waals surface area contributed by atoms with Gasteiger partial charge in [-0.2, -0.15) is 4.31 Å². The number of hydrogen-bond donors (Lipinski definition) is 0. The Labute approximate surface area is 185 Å². The number of sulfonamides is 1. The minimum absolute atomic E-state index is 0.314. The molecule has 0 spiro atoms. The fourth-order valence-corrected chi connectivity index (χ4v) is 6.78. The molecule has 1 aliphatic heterocycles. The number of hydrogen-bond acceptors (Lipinski definition) is 5. The lowest BCUT2D eigenvalue weighted by Gasteiger charge is -2.33. The molecular weight excluding hydrogens is 526 g/mol. The summed E-state index contributed by atoms with van der Waals surface area (Å²) in [7, 11) is -3.50. The van der Waals surface area contributed by atoms with Crippen LogP contribution in [0.15, 0.2) is 67.8 Å². The summed E-state index contributed by atoms with van der Waals surface area (Å²) in [5.74, 6) is 0. The summed E-state index contributed by atoms with van der Waals surface area (Å²) < 4.78 is 29.0. The number of piperazine rings is 1. The van der Waals surface area contributed by atoms with Crippen molar-refractivity contribution in [3.63, 3.8) is 0 Å². The van der Waals surface area contributed by atoms with E-state index in [1.165, 1.54) is 0 Å². The molecule has 1 aromatic heterocycles. The Morgan fingerprint density at radius 3 is 2.43 bits per heavy atom. The third kappa shape index (κ3) is 4.04. The van der Waals surface area contributed by atoms with E-state index in [0.717, 1.165) is 20.9 Å². The number of benzene rings is 2. The van der Waals surface area contributed by atoms with Crippen molar-refractivity contribution in [1.82, 2.24) is 9.29 Å². The average molecular weight is 543 g/mol. The minimum Gasteiger partial charge on any atom is -0.345 e. The van der Waals surface area contributed by atoms with Gasteiger partial charge in [-0.25, -0.2) is 13.4 Å². The monoisotopic (exact) mass is 541 g/mol. The normalized spacial score (nSPS) is 15.7. The highest BCUT2D eigenvalue weighted by atomic mass is 79.9. The summed E-state index contributed by atoms with van der Waals surface area (Å²) in [6.45, 7) is 2.12. The maximum atomic E-state index is 12.9. The highest BCUT2D eigenvalue weighted by Gasteiger charge is 2.30. The molecular formula is C19H17Br2N3O2S2. The van der Waals surface area contributed by atoms with Gasteiger partial charge in [0.25, 0.3) is 0 Å². The van der Waals surface area contributed by atoms with Crippen LogP contribution in [0.5, 0.6) is 0 Å². The van der Waals surface area contributed by atoms with Gasteiger partial charge in [-0.1, -0.05) is 40.2 Å². The molecule has 0 amide bonds. The largest absolute Gasteiger partial charge is 0.345 e. The molecule has 146 valence electrons. The second-order valence-electron chi connectivity index (χ2n) is 6.35. The van der Waals surface area contributed by atoms with E-state index in [1.54, 1.807) is 33.8 Å². The van der Waals surface area contributed by atoms with Crippen molar-refractivity contribution < 1.29 is 8.42 Å². The fraction of sp³-hybridized carbons (Fsp3) is 0.211. The molecule has 1 saturated heterocycles. The zero-order chi connectivity index (χ0) is 19.7. The lowest BCUT2D eigenvalue weighted by molar-refractivity contribution is 0.384. The van der Waals surface area contributed by atoms with E-state index < -0.39 is 10.0 Å². The molecule has 3 aromatic rings. The van der Waals surface area contributed by atoms with Crippen LogP contribution in [0.4, 0.5) is 5.13 Å². The van der Waals surface area contributed by atoms with E-state index in [1.807, 2.05) is 35.7 Å². The van der Waals surface area contributed by atoms with E-state index in [0.29, 0.717) is 35.5 Å². The molecule has 0 N–H and O–H groups in total. The number of nitrogens with zero attached hydrogens (tertiary/aromatic N) is 3. The summed E-state index contributed by atoms with van der Waals surface area (Å²) in [4.78, 5) is 7.22. The number of rotatable bonds is 4. The van der Waals surface area contributed by atoms with Crippen molar-refractivity contribution in [3.05, 3.63) is 62.9 Å². The highest BCUT2D eigenvalue weighted by Crippen LogP contribution is 2.31. The number of anilines is 1. The highest BCUT2D eigenvalue weighted by molar-refractivity contribution is 9.10. The minimum atomic E-state index is -3.50. The van der Waals surface area contributed by atoms with E-state index in [-0.39, 0.29) is 0 Å². The standard InChI is InChI=1S/C19H17Br2N3O2S2/c20-15-5-3-4-14(12-15)17-13-27-19(22-17)23-8-10-24(11-9-23)28(25,26)18-7-2-1-6-16(18)21/h1-7,12-13H,8-11H2. The predicted octanol–water partition coefficient (Wildman–Crippen LogP) is 4.85. The molecule has 1 fully saturated rings. The molecule has 0 saturated carbocycles. The SMILES string of the molecule is O=S(=O)(c1ccccc1Br)N1CCN(c2nc(-c3cccc(Br)c3)cs2)CC1. The van der Waals surface area contributed by atoms with Crippen LogP contribution in [0.1, 0.15) is 0 Å². The van der Waals surface area contributed by atoms with Gasteiger partial charge in [-0.05, 0) is 40.2 Å². The zero-order valence-electron chi connectivity index (χ0n) is 14.8. The van der Waals surface area contributed by atoms with Crippen LogP contribution < -0.4 is 4.90 Å². The van der Waals surface area contributed by atoms with Crippen LogP contribution in [0, 0.1) is 0 Å². The Bertz CT molecular complexity index is 1090. The van der Waals surface area contributed by atoms with Crippen molar-refractivity contribution >= 4 is 58.4 Å². The van der Waals surface area contributed by atoms with E-state index in [2.05, 4.69) is 36.8 Å². The molecule has 0 radical (unpaired) electrons. The first-order valence-corrected chi connectivity index (χ1v) is 12.6. The van der Waals surface area contributed by atoms with Gasteiger partial charge in [0.1, 0.15) is 0 Å². The second kappa shape index (κ2) is 8.23. The Kier molecular flexibility index (Phi) is 5.89. The van der Waals surface area contributed by atoms with E-state index in [4.69, 9.17) is 4.98 Å². The van der Waals surface area contributed by atoms with Gasteiger partial charge in [-0.15, -0.1) is 11.3 Å². The first-order valence-electron chi connectivity index (χ1n) is 8.66. The van der Waals surface area contributed by atoms with Gasteiger partial charge >= 0.3 is 0 Å². The summed E-state index contributed by atoms with van der Waals surface area (Å²) in [6, 6.07) is 15.0. The molecule has 9 heteroatoms. The van der Waals surface area contributed by atoms with Crippen LogP contribution in [0.3, 0.4) is 0 Å².